The molecule has 0 saturated heterocycles. The molecule has 3 heterocycles. The summed E-state index contributed by atoms with van der Waals surface area (Å²) in [6.07, 6.45) is 0.193. The monoisotopic (exact) mass is 410 g/mol. The first-order valence-corrected chi connectivity index (χ1v) is 10.0. The zero-order chi connectivity index (χ0) is 20.5. The van der Waals surface area contributed by atoms with Gasteiger partial charge in [-0.25, -0.2) is 9.37 Å². The number of thiophene rings is 1. The predicted octanol–water partition coefficient (Wildman–Crippen LogP) is 4.19. The van der Waals surface area contributed by atoms with Gasteiger partial charge in [-0.05, 0) is 50.2 Å². The van der Waals surface area contributed by atoms with E-state index in [1.807, 2.05) is 13.0 Å². The van der Waals surface area contributed by atoms with Gasteiger partial charge in [-0.3, -0.25) is 9.59 Å². The molecule has 5 nitrogen and oxygen atoms in total. The zero-order valence-electron chi connectivity index (χ0n) is 16.0. The molecule has 29 heavy (non-hydrogen) atoms. The van der Waals surface area contributed by atoms with E-state index in [0.717, 1.165) is 16.1 Å². The highest BCUT2D eigenvalue weighted by atomic mass is 32.1. The molecule has 148 valence electrons. The smallest absolute Gasteiger partial charge is 0.270 e. The predicted molar refractivity (Wildman–Crippen MR) is 109 cm³/mol. The Hall–Kier alpha value is -3.06. The maximum absolute atomic E-state index is 14.2. The van der Waals surface area contributed by atoms with Gasteiger partial charge in [0.2, 0.25) is 0 Å². The van der Waals surface area contributed by atoms with Gasteiger partial charge in [0.25, 0.3) is 5.91 Å². The molecule has 4 rings (SSSR count). The highest BCUT2D eigenvalue weighted by Gasteiger charge is 2.28. The molecule has 1 amide bonds. The Balaban J connectivity index is 1.50. The van der Waals surface area contributed by atoms with Crippen molar-refractivity contribution in [3.63, 3.8) is 0 Å². The van der Waals surface area contributed by atoms with Crippen LogP contribution in [0.5, 0.6) is 5.75 Å². The van der Waals surface area contributed by atoms with Crippen molar-refractivity contribution in [3.05, 3.63) is 70.1 Å². The normalized spacial score (nSPS) is 14.9. The number of hydrogen-bond donors (Lipinski definition) is 1. The minimum absolute atomic E-state index is 0.0273. The first kappa shape index (κ1) is 19.3. The summed E-state index contributed by atoms with van der Waals surface area (Å²) in [6.45, 7) is 3.61. The van der Waals surface area contributed by atoms with Gasteiger partial charge in [-0.1, -0.05) is 6.07 Å². The van der Waals surface area contributed by atoms with Crippen molar-refractivity contribution in [2.75, 3.05) is 6.54 Å². The third-order valence-electron chi connectivity index (χ3n) is 4.69. The van der Waals surface area contributed by atoms with E-state index in [9.17, 15) is 14.0 Å². The number of pyridine rings is 1. The fourth-order valence-corrected chi connectivity index (χ4v) is 4.24. The van der Waals surface area contributed by atoms with E-state index in [4.69, 9.17) is 4.74 Å². The fourth-order valence-electron chi connectivity index (χ4n) is 3.33. The molecule has 0 radical (unpaired) electrons. The van der Waals surface area contributed by atoms with Gasteiger partial charge in [0.1, 0.15) is 23.4 Å². The summed E-state index contributed by atoms with van der Waals surface area (Å²) in [6, 6.07) is 11.7. The molecule has 1 unspecified atom stereocenters. The van der Waals surface area contributed by atoms with Crippen molar-refractivity contribution in [2.45, 2.75) is 26.4 Å². The molecule has 7 heteroatoms. The SMILES string of the molecule is CC(=O)c1ccc(-c2cc(F)cc3c2OC(CNC(=O)c2cccc(C)n2)C3)s1. The second-order valence-electron chi connectivity index (χ2n) is 6.98. The number of ether oxygens (including phenoxy) is 1. The second kappa shape index (κ2) is 7.75. The third-order valence-corrected chi connectivity index (χ3v) is 5.91. The number of carbonyl (C=O) groups excluding carboxylic acids is 2. The van der Waals surface area contributed by atoms with E-state index in [2.05, 4.69) is 10.3 Å². The van der Waals surface area contributed by atoms with Gasteiger partial charge < -0.3 is 10.1 Å². The highest BCUT2D eigenvalue weighted by molar-refractivity contribution is 7.17. The molecule has 1 aliphatic heterocycles. The Labute approximate surface area is 171 Å². The van der Waals surface area contributed by atoms with E-state index >= 15 is 0 Å². The number of rotatable bonds is 5. The number of aromatic nitrogens is 1. The zero-order valence-corrected chi connectivity index (χ0v) is 16.8. The molecule has 2 aromatic heterocycles. The Morgan fingerprint density at radius 2 is 2.10 bits per heavy atom. The number of halogens is 1. The molecule has 0 aliphatic carbocycles. The van der Waals surface area contributed by atoms with Crippen LogP contribution in [-0.4, -0.2) is 29.3 Å². The summed E-state index contributed by atoms with van der Waals surface area (Å²) in [7, 11) is 0. The molecule has 0 spiro atoms. The molecular formula is C22H19FN2O3S. The number of nitrogens with zero attached hydrogens (tertiary/aromatic N) is 1. The summed E-state index contributed by atoms with van der Waals surface area (Å²) >= 11 is 1.31. The van der Waals surface area contributed by atoms with Crippen molar-refractivity contribution in [1.82, 2.24) is 10.3 Å². The summed E-state index contributed by atoms with van der Waals surface area (Å²) in [4.78, 5) is 29.5. The maximum atomic E-state index is 14.2. The van der Waals surface area contributed by atoms with Crippen LogP contribution < -0.4 is 10.1 Å². The topological polar surface area (TPSA) is 68.3 Å². The number of hydrogen-bond acceptors (Lipinski definition) is 5. The second-order valence-corrected chi connectivity index (χ2v) is 8.06. The summed E-state index contributed by atoms with van der Waals surface area (Å²) in [5, 5.41) is 2.83. The quantitative estimate of drug-likeness (QED) is 0.641. The van der Waals surface area contributed by atoms with Crippen LogP contribution in [-0.2, 0) is 6.42 Å². The van der Waals surface area contributed by atoms with E-state index in [0.29, 0.717) is 28.3 Å². The summed E-state index contributed by atoms with van der Waals surface area (Å²) in [5.41, 5.74) is 2.50. The van der Waals surface area contributed by atoms with Gasteiger partial charge in [0.05, 0.1) is 11.4 Å². The van der Waals surface area contributed by atoms with Gasteiger partial charge in [-0.2, -0.15) is 0 Å². The highest BCUT2D eigenvalue weighted by Crippen LogP contribution is 2.42. The molecule has 1 aromatic carbocycles. The van der Waals surface area contributed by atoms with Gasteiger partial charge in [0.15, 0.2) is 5.78 Å². The van der Waals surface area contributed by atoms with Crippen LogP contribution in [0.1, 0.15) is 38.3 Å². The van der Waals surface area contributed by atoms with Crippen LogP contribution in [0.3, 0.4) is 0 Å². The van der Waals surface area contributed by atoms with Crippen LogP contribution in [0.15, 0.2) is 42.5 Å². The van der Waals surface area contributed by atoms with Crippen LogP contribution in [0.2, 0.25) is 0 Å². The molecular weight excluding hydrogens is 391 g/mol. The molecule has 0 fully saturated rings. The minimum Gasteiger partial charge on any atom is -0.487 e. The van der Waals surface area contributed by atoms with Crippen molar-refractivity contribution in [1.29, 1.82) is 0 Å². The Kier molecular flexibility index (Phi) is 5.15. The summed E-state index contributed by atoms with van der Waals surface area (Å²) < 4.78 is 20.2. The first-order chi connectivity index (χ1) is 13.9. The molecule has 0 bridgehead atoms. The van der Waals surface area contributed by atoms with Crippen LogP contribution in [0, 0.1) is 12.7 Å². The number of amides is 1. The van der Waals surface area contributed by atoms with Crippen LogP contribution in [0.25, 0.3) is 10.4 Å². The first-order valence-electron chi connectivity index (χ1n) is 9.23. The van der Waals surface area contributed by atoms with Crippen molar-refractivity contribution in [2.24, 2.45) is 0 Å². The number of carbonyl (C=O) groups is 2. The lowest BCUT2D eigenvalue weighted by atomic mass is 10.0. The lowest BCUT2D eigenvalue weighted by molar-refractivity contribution is 0.0928. The molecule has 3 aromatic rings. The van der Waals surface area contributed by atoms with Gasteiger partial charge in [0, 0.05) is 28.1 Å². The number of benzene rings is 1. The number of ketones is 1. The van der Waals surface area contributed by atoms with E-state index in [-0.39, 0.29) is 30.2 Å². The van der Waals surface area contributed by atoms with E-state index < -0.39 is 0 Å². The average Bonchev–Trinajstić information content (AvgIpc) is 3.32. The Morgan fingerprint density at radius 1 is 1.28 bits per heavy atom. The lowest BCUT2D eigenvalue weighted by Gasteiger charge is -2.13. The number of nitrogens with one attached hydrogen (secondary N) is 1. The Bertz CT molecular complexity index is 1110. The van der Waals surface area contributed by atoms with Crippen LogP contribution in [0.4, 0.5) is 4.39 Å². The van der Waals surface area contributed by atoms with Crippen molar-refractivity contribution >= 4 is 23.0 Å². The van der Waals surface area contributed by atoms with Gasteiger partial charge >= 0.3 is 0 Å². The molecule has 1 atom stereocenters. The van der Waals surface area contributed by atoms with Gasteiger partial charge in [-0.15, -0.1) is 11.3 Å². The minimum atomic E-state index is -0.353. The lowest BCUT2D eigenvalue weighted by Crippen LogP contribution is -2.34. The average molecular weight is 410 g/mol. The van der Waals surface area contributed by atoms with Crippen molar-refractivity contribution < 1.29 is 18.7 Å². The number of Topliss-reactive ketones (excluding diaryl/α,β-unsaturated/α-hetero) is 1. The van der Waals surface area contributed by atoms with Crippen LogP contribution >= 0.6 is 11.3 Å². The third kappa shape index (κ3) is 4.05. The number of fused-ring (bicyclic) bond motifs is 1. The molecule has 0 saturated carbocycles. The molecule has 1 aliphatic rings. The van der Waals surface area contributed by atoms with E-state index in [1.165, 1.54) is 30.4 Å². The number of aryl methyl sites for hydroxylation is 1. The maximum Gasteiger partial charge on any atom is 0.270 e. The largest absolute Gasteiger partial charge is 0.487 e. The Morgan fingerprint density at radius 3 is 2.83 bits per heavy atom. The standard InChI is InChI=1S/C22H19FN2O3S/c1-12-4-3-5-18(25-12)22(27)24-11-16-9-14-8-15(23)10-17(21(14)28-16)20-7-6-19(29-20)13(2)26/h3-8,10,16H,9,11H2,1-2H3,(H,24,27). The fraction of sp³-hybridized carbons (Fsp3) is 0.227. The summed E-state index contributed by atoms with van der Waals surface area (Å²) in [5.74, 6) is -0.0466. The van der Waals surface area contributed by atoms with E-state index in [1.54, 1.807) is 24.3 Å². The molecule has 1 N–H and O–H groups in total. The van der Waals surface area contributed by atoms with Crippen molar-refractivity contribution in [3.8, 4) is 16.2 Å².